The number of benzene rings is 1. The molecule has 0 aliphatic heterocycles. The highest BCUT2D eigenvalue weighted by Gasteiger charge is 2.07. The van der Waals surface area contributed by atoms with Gasteiger partial charge < -0.3 is 5.32 Å². The molecule has 0 bridgehead atoms. The highest BCUT2D eigenvalue weighted by atomic mass is 15.3. The van der Waals surface area contributed by atoms with Gasteiger partial charge in [0.25, 0.3) is 0 Å². The summed E-state index contributed by atoms with van der Waals surface area (Å²) in [5.41, 5.74) is 2.36. The van der Waals surface area contributed by atoms with Crippen molar-refractivity contribution in [1.82, 2.24) is 19.6 Å². The first-order chi connectivity index (χ1) is 9.78. The van der Waals surface area contributed by atoms with E-state index in [1.165, 1.54) is 0 Å². The van der Waals surface area contributed by atoms with Gasteiger partial charge in [-0.15, -0.1) is 10.2 Å². The Kier molecular flexibility index (Phi) is 3.01. The van der Waals surface area contributed by atoms with Crippen LogP contribution < -0.4 is 5.32 Å². The zero-order chi connectivity index (χ0) is 13.9. The van der Waals surface area contributed by atoms with E-state index in [0.29, 0.717) is 23.6 Å². The SMILES string of the molecule is Cc1nnc2c(NCc3cccc(C#N)c3)nccn12. The van der Waals surface area contributed by atoms with Crippen molar-refractivity contribution in [3.8, 4) is 6.07 Å². The van der Waals surface area contributed by atoms with Crippen molar-refractivity contribution in [2.75, 3.05) is 5.32 Å². The molecule has 2 heterocycles. The molecule has 3 rings (SSSR count). The lowest BCUT2D eigenvalue weighted by Crippen LogP contribution is -2.04. The fraction of sp³-hybridized carbons (Fsp3) is 0.143. The molecule has 0 radical (unpaired) electrons. The van der Waals surface area contributed by atoms with Crippen molar-refractivity contribution >= 4 is 11.5 Å². The maximum atomic E-state index is 8.89. The van der Waals surface area contributed by atoms with E-state index in [1.807, 2.05) is 35.7 Å². The van der Waals surface area contributed by atoms with Gasteiger partial charge in [0, 0.05) is 18.9 Å². The molecule has 0 fully saturated rings. The van der Waals surface area contributed by atoms with E-state index in [9.17, 15) is 0 Å². The third-order valence-electron chi connectivity index (χ3n) is 3.01. The summed E-state index contributed by atoms with van der Waals surface area (Å²) in [4.78, 5) is 4.28. The average Bonchev–Trinajstić information content (AvgIpc) is 2.88. The quantitative estimate of drug-likeness (QED) is 0.781. The second-order valence-electron chi connectivity index (χ2n) is 4.38. The van der Waals surface area contributed by atoms with Crippen LogP contribution in [0.2, 0.25) is 0 Å². The van der Waals surface area contributed by atoms with Crippen LogP contribution in [0.25, 0.3) is 5.65 Å². The van der Waals surface area contributed by atoms with Crippen LogP contribution in [0.5, 0.6) is 0 Å². The highest BCUT2D eigenvalue weighted by Crippen LogP contribution is 2.13. The van der Waals surface area contributed by atoms with Gasteiger partial charge >= 0.3 is 0 Å². The molecule has 0 saturated carbocycles. The molecule has 2 aromatic heterocycles. The fourth-order valence-electron chi connectivity index (χ4n) is 2.00. The van der Waals surface area contributed by atoms with Crippen LogP contribution in [-0.2, 0) is 6.54 Å². The molecule has 1 aromatic carbocycles. The van der Waals surface area contributed by atoms with E-state index < -0.39 is 0 Å². The Morgan fingerprint density at radius 2 is 2.25 bits per heavy atom. The van der Waals surface area contributed by atoms with Gasteiger partial charge in [0.2, 0.25) is 5.65 Å². The molecule has 0 amide bonds. The minimum atomic E-state index is 0.577. The van der Waals surface area contributed by atoms with Crippen molar-refractivity contribution in [2.24, 2.45) is 0 Å². The van der Waals surface area contributed by atoms with Crippen LogP contribution in [0.3, 0.4) is 0 Å². The lowest BCUT2D eigenvalue weighted by molar-refractivity contribution is 1.000. The first kappa shape index (κ1) is 12.1. The van der Waals surface area contributed by atoms with Crippen molar-refractivity contribution in [1.29, 1.82) is 5.26 Å². The number of fused-ring (bicyclic) bond motifs is 1. The van der Waals surface area contributed by atoms with Crippen LogP contribution in [0.15, 0.2) is 36.7 Å². The van der Waals surface area contributed by atoms with Gasteiger partial charge in [-0.05, 0) is 24.6 Å². The standard InChI is InChI=1S/C14H12N6/c1-10-18-19-14-13(16-5-6-20(10)14)17-9-12-4-2-3-11(7-12)8-15/h2-7H,9H2,1H3,(H,16,17). The number of nitrogens with one attached hydrogen (secondary N) is 1. The second kappa shape index (κ2) is 4.97. The molecular weight excluding hydrogens is 252 g/mol. The molecule has 0 spiro atoms. The molecular formula is C14H12N6. The van der Waals surface area contributed by atoms with Crippen LogP contribution in [0.1, 0.15) is 17.0 Å². The number of hydrogen-bond donors (Lipinski definition) is 1. The Morgan fingerprint density at radius 1 is 1.35 bits per heavy atom. The normalized spacial score (nSPS) is 10.4. The summed E-state index contributed by atoms with van der Waals surface area (Å²) in [7, 11) is 0. The van der Waals surface area contributed by atoms with Crippen molar-refractivity contribution in [3.05, 3.63) is 53.6 Å². The lowest BCUT2D eigenvalue weighted by atomic mass is 10.1. The first-order valence-electron chi connectivity index (χ1n) is 6.17. The van der Waals surface area contributed by atoms with Gasteiger partial charge in [-0.1, -0.05) is 12.1 Å². The van der Waals surface area contributed by atoms with Crippen LogP contribution in [0.4, 0.5) is 5.82 Å². The number of nitriles is 1. The number of rotatable bonds is 3. The largest absolute Gasteiger partial charge is 0.363 e. The zero-order valence-electron chi connectivity index (χ0n) is 10.9. The Labute approximate surface area is 115 Å². The molecule has 3 aromatic rings. The number of aromatic nitrogens is 4. The summed E-state index contributed by atoms with van der Waals surface area (Å²) in [6.45, 7) is 2.47. The van der Waals surface area contributed by atoms with E-state index >= 15 is 0 Å². The number of aryl methyl sites for hydroxylation is 1. The van der Waals surface area contributed by atoms with E-state index in [1.54, 1.807) is 12.3 Å². The van der Waals surface area contributed by atoms with Crippen molar-refractivity contribution in [2.45, 2.75) is 13.5 Å². The first-order valence-corrected chi connectivity index (χ1v) is 6.17. The molecule has 20 heavy (non-hydrogen) atoms. The van der Waals surface area contributed by atoms with Crippen LogP contribution in [0, 0.1) is 18.3 Å². The Hall–Kier alpha value is -2.94. The predicted octanol–water partition coefficient (Wildman–Crippen LogP) is 1.92. The number of nitrogens with zero attached hydrogens (tertiary/aromatic N) is 5. The van der Waals surface area contributed by atoms with Gasteiger partial charge in [0.1, 0.15) is 5.82 Å². The third-order valence-corrected chi connectivity index (χ3v) is 3.01. The van der Waals surface area contributed by atoms with Gasteiger partial charge in [0.05, 0.1) is 11.6 Å². The molecule has 0 unspecified atom stereocenters. The van der Waals surface area contributed by atoms with Gasteiger partial charge in [0.15, 0.2) is 5.82 Å². The maximum Gasteiger partial charge on any atom is 0.203 e. The topological polar surface area (TPSA) is 78.9 Å². The van der Waals surface area contributed by atoms with Crippen molar-refractivity contribution < 1.29 is 0 Å². The Balaban J connectivity index is 1.85. The minimum Gasteiger partial charge on any atom is -0.363 e. The monoisotopic (exact) mass is 264 g/mol. The molecule has 0 aliphatic rings. The van der Waals surface area contributed by atoms with E-state index in [2.05, 4.69) is 26.6 Å². The van der Waals surface area contributed by atoms with E-state index in [-0.39, 0.29) is 0 Å². The molecule has 0 saturated heterocycles. The fourth-order valence-corrected chi connectivity index (χ4v) is 2.00. The Bertz CT molecular complexity index is 799. The summed E-state index contributed by atoms with van der Waals surface area (Å²) in [6.07, 6.45) is 3.53. The summed E-state index contributed by atoms with van der Waals surface area (Å²) in [5.74, 6) is 1.49. The van der Waals surface area contributed by atoms with Gasteiger partial charge in [-0.25, -0.2) is 4.98 Å². The predicted molar refractivity (Wildman–Crippen MR) is 74.0 cm³/mol. The van der Waals surface area contributed by atoms with E-state index in [4.69, 9.17) is 5.26 Å². The molecule has 0 aliphatic carbocycles. The molecule has 6 heteroatoms. The molecule has 6 nitrogen and oxygen atoms in total. The Morgan fingerprint density at radius 3 is 3.10 bits per heavy atom. The average molecular weight is 264 g/mol. The molecule has 98 valence electrons. The molecule has 0 atom stereocenters. The summed E-state index contributed by atoms with van der Waals surface area (Å²) >= 11 is 0. The van der Waals surface area contributed by atoms with Crippen LogP contribution >= 0.6 is 0 Å². The zero-order valence-corrected chi connectivity index (χ0v) is 10.9. The van der Waals surface area contributed by atoms with Crippen LogP contribution in [-0.4, -0.2) is 19.6 Å². The number of anilines is 1. The smallest absolute Gasteiger partial charge is 0.203 e. The highest BCUT2D eigenvalue weighted by molar-refractivity contribution is 5.62. The van der Waals surface area contributed by atoms with E-state index in [0.717, 1.165) is 11.4 Å². The van der Waals surface area contributed by atoms with Gasteiger partial charge in [-0.2, -0.15) is 5.26 Å². The lowest BCUT2D eigenvalue weighted by Gasteiger charge is -2.06. The second-order valence-corrected chi connectivity index (χ2v) is 4.38. The maximum absolute atomic E-state index is 8.89. The summed E-state index contributed by atoms with van der Waals surface area (Å²) < 4.78 is 1.88. The van der Waals surface area contributed by atoms with Crippen molar-refractivity contribution in [3.63, 3.8) is 0 Å². The third kappa shape index (κ3) is 2.17. The summed E-state index contributed by atoms with van der Waals surface area (Å²) in [6, 6.07) is 9.59. The number of hydrogen-bond acceptors (Lipinski definition) is 5. The summed E-state index contributed by atoms with van der Waals surface area (Å²) in [5, 5.41) is 20.2. The van der Waals surface area contributed by atoms with Gasteiger partial charge in [-0.3, -0.25) is 4.40 Å². The minimum absolute atomic E-state index is 0.577. The molecule has 1 N–H and O–H groups in total.